The Hall–Kier alpha value is -2.89. The lowest BCUT2D eigenvalue weighted by atomic mass is 10.1. The van der Waals surface area contributed by atoms with Crippen LogP contribution in [0.5, 0.6) is 5.88 Å². The molecule has 13 nitrogen and oxygen atoms in total. The quantitative estimate of drug-likeness (QED) is 0.382. The zero-order valence-corrected chi connectivity index (χ0v) is 18.7. The van der Waals surface area contributed by atoms with Crippen molar-refractivity contribution in [2.24, 2.45) is 5.92 Å². The molecule has 1 aliphatic rings. The molecule has 4 atom stereocenters. The summed E-state index contributed by atoms with van der Waals surface area (Å²) in [5.74, 6) is -0.530. The Kier molecular flexibility index (Phi) is 8.48. The van der Waals surface area contributed by atoms with Crippen LogP contribution in [0.1, 0.15) is 26.5 Å². The lowest BCUT2D eigenvalue weighted by Gasteiger charge is -2.22. The first-order valence-corrected chi connectivity index (χ1v) is 10.5. The monoisotopic (exact) mass is 464 g/mol. The van der Waals surface area contributed by atoms with Crippen LogP contribution in [0.3, 0.4) is 0 Å². The number of hydrogen-bond donors (Lipinski definition) is 3. The van der Waals surface area contributed by atoms with Gasteiger partial charge in [0, 0.05) is 13.0 Å². The Labute approximate surface area is 190 Å². The van der Waals surface area contributed by atoms with Gasteiger partial charge >= 0.3 is 0 Å². The van der Waals surface area contributed by atoms with Crippen LogP contribution in [0.25, 0.3) is 11.2 Å². The maximum absolute atomic E-state index is 12.2. The van der Waals surface area contributed by atoms with Gasteiger partial charge < -0.3 is 29.2 Å². The Bertz CT molecular complexity index is 991. The predicted octanol–water partition coefficient (Wildman–Crippen LogP) is -0.00452. The maximum atomic E-state index is 12.2. The smallest absolute Gasteiger partial charge is 0.247 e. The number of nitrogens with one attached hydrogen (secondary N) is 1. The molecular weight excluding hydrogens is 436 g/mol. The number of aliphatic hydroxyl groups excluding tert-OH is 2. The van der Waals surface area contributed by atoms with E-state index >= 15 is 0 Å². The molecule has 0 radical (unpaired) electrons. The van der Waals surface area contributed by atoms with Crippen molar-refractivity contribution in [3.63, 3.8) is 0 Å². The predicted molar refractivity (Wildman–Crippen MR) is 113 cm³/mol. The molecule has 13 heteroatoms. The Morgan fingerprint density at radius 2 is 2.15 bits per heavy atom. The third-order valence-corrected chi connectivity index (χ3v) is 4.97. The SMILES string of the molecule is COCCOC1C(O)C(CO)OC1n1cnc2c(OCCC#N)nc(NC(=O)C(C)C)nc21. The first kappa shape index (κ1) is 24.7. The lowest BCUT2D eigenvalue weighted by Crippen LogP contribution is -2.36. The van der Waals surface area contributed by atoms with E-state index in [4.69, 9.17) is 24.2 Å². The van der Waals surface area contributed by atoms with Crippen LogP contribution in [-0.4, -0.2) is 87.5 Å². The number of fused-ring (bicyclic) bond motifs is 1. The molecular formula is C20H28N6O7. The van der Waals surface area contributed by atoms with E-state index in [2.05, 4.69) is 20.3 Å². The normalized spacial score (nSPS) is 22.6. The van der Waals surface area contributed by atoms with Gasteiger partial charge in [-0.3, -0.25) is 14.7 Å². The van der Waals surface area contributed by atoms with E-state index < -0.39 is 31.1 Å². The van der Waals surface area contributed by atoms with Gasteiger partial charge in [-0.25, -0.2) is 4.98 Å². The number of ether oxygens (including phenoxy) is 4. The van der Waals surface area contributed by atoms with Gasteiger partial charge in [0.1, 0.15) is 24.9 Å². The minimum Gasteiger partial charge on any atom is -0.475 e. The molecule has 0 aliphatic carbocycles. The summed E-state index contributed by atoms with van der Waals surface area (Å²) in [7, 11) is 1.53. The molecule has 180 valence electrons. The highest BCUT2D eigenvalue weighted by Gasteiger charge is 2.46. The highest BCUT2D eigenvalue weighted by Crippen LogP contribution is 2.35. The van der Waals surface area contributed by atoms with Gasteiger partial charge in [-0.15, -0.1) is 0 Å². The zero-order valence-electron chi connectivity index (χ0n) is 18.7. The van der Waals surface area contributed by atoms with Crippen molar-refractivity contribution < 1.29 is 34.0 Å². The molecule has 0 aromatic carbocycles. The molecule has 2 aromatic rings. The second-order valence-corrected chi connectivity index (χ2v) is 7.64. The average Bonchev–Trinajstić information content (AvgIpc) is 3.35. The number of nitrogens with zero attached hydrogens (tertiary/aromatic N) is 5. The van der Waals surface area contributed by atoms with E-state index in [0.717, 1.165) is 0 Å². The minimum atomic E-state index is -1.11. The molecule has 0 spiro atoms. The summed E-state index contributed by atoms with van der Waals surface area (Å²) < 4.78 is 23.7. The first-order chi connectivity index (χ1) is 15.9. The summed E-state index contributed by atoms with van der Waals surface area (Å²) >= 11 is 0. The second-order valence-electron chi connectivity index (χ2n) is 7.64. The number of nitriles is 1. The topological polar surface area (TPSA) is 174 Å². The molecule has 1 fully saturated rings. The van der Waals surface area contributed by atoms with E-state index in [-0.39, 0.29) is 54.5 Å². The third-order valence-electron chi connectivity index (χ3n) is 4.97. The molecule has 2 aromatic heterocycles. The van der Waals surface area contributed by atoms with Crippen LogP contribution in [0.4, 0.5) is 5.95 Å². The molecule has 0 bridgehead atoms. The zero-order chi connectivity index (χ0) is 24.0. The highest BCUT2D eigenvalue weighted by atomic mass is 16.6. The number of amides is 1. The molecule has 0 saturated carbocycles. The van der Waals surface area contributed by atoms with E-state index in [0.29, 0.717) is 6.61 Å². The van der Waals surface area contributed by atoms with Crippen molar-refractivity contribution in [3.05, 3.63) is 6.33 Å². The van der Waals surface area contributed by atoms with Crippen molar-refractivity contribution in [1.29, 1.82) is 5.26 Å². The largest absolute Gasteiger partial charge is 0.475 e. The van der Waals surface area contributed by atoms with Crippen molar-refractivity contribution in [1.82, 2.24) is 19.5 Å². The molecule has 3 rings (SSSR count). The van der Waals surface area contributed by atoms with Crippen LogP contribution >= 0.6 is 0 Å². The Morgan fingerprint density at radius 1 is 1.36 bits per heavy atom. The van der Waals surface area contributed by atoms with E-state index in [9.17, 15) is 15.0 Å². The van der Waals surface area contributed by atoms with E-state index in [1.165, 1.54) is 18.0 Å². The number of anilines is 1. The van der Waals surface area contributed by atoms with Crippen LogP contribution in [0, 0.1) is 17.2 Å². The fourth-order valence-electron chi connectivity index (χ4n) is 3.22. The summed E-state index contributed by atoms with van der Waals surface area (Å²) in [6.45, 7) is 3.61. The van der Waals surface area contributed by atoms with Gasteiger partial charge in [0.05, 0.1) is 38.6 Å². The van der Waals surface area contributed by atoms with Gasteiger partial charge in [-0.05, 0) is 0 Å². The number of carbonyl (C=O) groups is 1. The molecule has 1 amide bonds. The minimum absolute atomic E-state index is 0.0102. The van der Waals surface area contributed by atoms with Gasteiger partial charge in [0.25, 0.3) is 0 Å². The van der Waals surface area contributed by atoms with Crippen LogP contribution in [-0.2, 0) is 19.0 Å². The highest BCUT2D eigenvalue weighted by molar-refractivity contribution is 5.91. The number of hydrogen-bond acceptors (Lipinski definition) is 11. The van der Waals surface area contributed by atoms with Crippen LogP contribution in [0.15, 0.2) is 6.33 Å². The number of rotatable bonds is 11. The van der Waals surface area contributed by atoms with Crippen LogP contribution in [0.2, 0.25) is 0 Å². The Morgan fingerprint density at radius 3 is 2.82 bits per heavy atom. The van der Waals surface area contributed by atoms with Gasteiger partial charge in [-0.1, -0.05) is 13.8 Å². The third kappa shape index (κ3) is 5.55. The molecule has 3 heterocycles. The first-order valence-electron chi connectivity index (χ1n) is 10.5. The molecule has 1 aliphatic heterocycles. The van der Waals surface area contributed by atoms with E-state index in [1.54, 1.807) is 13.8 Å². The maximum Gasteiger partial charge on any atom is 0.247 e. The van der Waals surface area contributed by atoms with Gasteiger partial charge in [-0.2, -0.15) is 15.2 Å². The molecule has 4 unspecified atom stereocenters. The van der Waals surface area contributed by atoms with Crippen molar-refractivity contribution in [3.8, 4) is 11.9 Å². The van der Waals surface area contributed by atoms with Crippen LogP contribution < -0.4 is 10.1 Å². The summed E-state index contributed by atoms with van der Waals surface area (Å²) in [5.41, 5.74) is 0.531. The summed E-state index contributed by atoms with van der Waals surface area (Å²) in [6, 6.07) is 1.98. The molecule has 33 heavy (non-hydrogen) atoms. The number of aliphatic hydroxyl groups is 2. The van der Waals surface area contributed by atoms with Crippen molar-refractivity contribution >= 4 is 23.0 Å². The van der Waals surface area contributed by atoms with E-state index in [1.807, 2.05) is 6.07 Å². The number of carbonyl (C=O) groups excluding carboxylic acids is 1. The fourth-order valence-corrected chi connectivity index (χ4v) is 3.22. The molecule has 3 N–H and O–H groups in total. The summed E-state index contributed by atoms with van der Waals surface area (Å²) in [6.07, 6.45) is -2.16. The summed E-state index contributed by atoms with van der Waals surface area (Å²) in [4.78, 5) is 25.2. The number of methoxy groups -OCH3 is 1. The standard InChI is InChI=1S/C20H28N6O7/c1-11(2)17(29)24-20-23-16-13(18(25-20)32-6-4-5-21)22-10-26(16)19-15(31-8-7-30-3)14(28)12(9-27)33-19/h10-12,14-15,19,27-28H,4,6-9H2,1-3H3,(H,23,24,25,29). The Balaban J connectivity index is 2.01. The van der Waals surface area contributed by atoms with Crippen molar-refractivity contribution in [2.45, 2.75) is 44.8 Å². The second kappa shape index (κ2) is 11.3. The average molecular weight is 464 g/mol. The molecule has 1 saturated heterocycles. The number of aromatic nitrogens is 4. The van der Waals surface area contributed by atoms with Gasteiger partial charge in [0.15, 0.2) is 17.4 Å². The van der Waals surface area contributed by atoms with Crippen molar-refractivity contribution in [2.75, 3.05) is 38.9 Å². The number of imidazole rings is 1. The lowest BCUT2D eigenvalue weighted by molar-refractivity contribution is -0.118. The fraction of sp³-hybridized carbons (Fsp3) is 0.650. The van der Waals surface area contributed by atoms with Gasteiger partial charge in [0.2, 0.25) is 17.7 Å². The summed E-state index contributed by atoms with van der Waals surface area (Å²) in [5, 5.41) is 31.6.